The predicted molar refractivity (Wildman–Crippen MR) is 83.4 cm³/mol. The Morgan fingerprint density at radius 2 is 1.86 bits per heavy atom. The summed E-state index contributed by atoms with van der Waals surface area (Å²) in [5.41, 5.74) is 2.32. The number of phenolic OH excluding ortho intramolecular Hbond substituents is 1. The summed E-state index contributed by atoms with van der Waals surface area (Å²) in [4.78, 5) is 12.8. The summed E-state index contributed by atoms with van der Waals surface area (Å²) in [5, 5.41) is 12.5. The van der Waals surface area contributed by atoms with Crippen molar-refractivity contribution < 1.29 is 9.90 Å². The molecule has 0 radical (unpaired) electrons. The Kier molecular flexibility index (Phi) is 3.42. The highest BCUT2D eigenvalue weighted by molar-refractivity contribution is 6.00. The monoisotopic (exact) mass is 281 g/mol. The van der Waals surface area contributed by atoms with Gasteiger partial charge < -0.3 is 10.4 Å². The van der Waals surface area contributed by atoms with Gasteiger partial charge in [0.1, 0.15) is 5.75 Å². The van der Waals surface area contributed by atoms with Gasteiger partial charge in [-0.25, -0.2) is 0 Å². The number of carbonyl (C=O) groups is 1. The summed E-state index contributed by atoms with van der Waals surface area (Å²) in [5.74, 6) is 0.264. The first-order valence-corrected chi connectivity index (χ1v) is 7.28. The number of hydrogen-bond acceptors (Lipinski definition) is 2. The van der Waals surface area contributed by atoms with Crippen LogP contribution in [0.3, 0.4) is 0 Å². The maximum absolute atomic E-state index is 12.8. The van der Waals surface area contributed by atoms with E-state index in [1.807, 2.05) is 37.3 Å². The van der Waals surface area contributed by atoms with Crippen LogP contribution in [-0.4, -0.2) is 11.0 Å². The molecule has 1 saturated carbocycles. The lowest BCUT2D eigenvalue weighted by molar-refractivity contribution is -0.124. The number of carbonyl (C=O) groups excluding carboxylic acids is 1. The topological polar surface area (TPSA) is 49.3 Å². The highest BCUT2D eigenvalue weighted by Gasteiger charge is 2.45. The van der Waals surface area contributed by atoms with Crippen molar-refractivity contribution in [2.45, 2.75) is 31.6 Å². The Hall–Kier alpha value is -2.29. The van der Waals surface area contributed by atoms with Crippen LogP contribution in [0, 0.1) is 6.92 Å². The van der Waals surface area contributed by atoms with Crippen molar-refractivity contribution >= 4 is 11.6 Å². The van der Waals surface area contributed by atoms with Crippen LogP contribution in [0.15, 0.2) is 48.5 Å². The van der Waals surface area contributed by atoms with E-state index in [4.69, 9.17) is 0 Å². The molecule has 3 nitrogen and oxygen atoms in total. The van der Waals surface area contributed by atoms with Gasteiger partial charge in [0.2, 0.25) is 5.91 Å². The van der Waals surface area contributed by atoms with Gasteiger partial charge in [-0.15, -0.1) is 0 Å². The minimum atomic E-state index is -0.397. The number of benzene rings is 2. The summed E-state index contributed by atoms with van der Waals surface area (Å²) in [7, 11) is 0. The standard InChI is InChI=1S/C18H19NO2/c1-13-12-15(20)8-9-16(13)19-17(21)18(10-5-11-18)14-6-3-2-4-7-14/h2-4,6-9,12,20H,5,10-11H2,1H3,(H,19,21). The molecule has 0 aromatic heterocycles. The first-order chi connectivity index (χ1) is 10.1. The summed E-state index contributed by atoms with van der Waals surface area (Å²) in [6, 6.07) is 15.0. The van der Waals surface area contributed by atoms with E-state index in [-0.39, 0.29) is 11.7 Å². The molecule has 3 rings (SSSR count). The lowest BCUT2D eigenvalue weighted by Gasteiger charge is -2.40. The van der Waals surface area contributed by atoms with E-state index in [0.717, 1.165) is 36.1 Å². The zero-order chi connectivity index (χ0) is 14.9. The van der Waals surface area contributed by atoms with E-state index >= 15 is 0 Å². The summed E-state index contributed by atoms with van der Waals surface area (Å²) < 4.78 is 0. The molecule has 0 unspecified atom stereocenters. The van der Waals surface area contributed by atoms with Crippen LogP contribution in [0.25, 0.3) is 0 Å². The third kappa shape index (κ3) is 2.40. The van der Waals surface area contributed by atoms with Crippen molar-refractivity contribution in [2.75, 3.05) is 5.32 Å². The highest BCUT2D eigenvalue weighted by atomic mass is 16.3. The van der Waals surface area contributed by atoms with E-state index < -0.39 is 5.41 Å². The largest absolute Gasteiger partial charge is 0.508 e. The van der Waals surface area contributed by atoms with Crippen LogP contribution >= 0.6 is 0 Å². The Balaban J connectivity index is 1.87. The number of phenols is 1. The molecule has 1 amide bonds. The van der Waals surface area contributed by atoms with Crippen molar-refractivity contribution in [3.05, 3.63) is 59.7 Å². The number of nitrogens with one attached hydrogen (secondary N) is 1. The van der Waals surface area contributed by atoms with Gasteiger partial charge in [0.05, 0.1) is 5.41 Å². The smallest absolute Gasteiger partial charge is 0.235 e. The summed E-state index contributed by atoms with van der Waals surface area (Å²) in [6.45, 7) is 1.88. The molecule has 3 heteroatoms. The van der Waals surface area contributed by atoms with Crippen LogP contribution in [0.4, 0.5) is 5.69 Å². The molecule has 0 aliphatic heterocycles. The fraction of sp³-hybridized carbons (Fsp3) is 0.278. The molecule has 2 N–H and O–H groups in total. The molecule has 1 aliphatic rings. The number of hydrogen-bond donors (Lipinski definition) is 2. The lowest BCUT2D eigenvalue weighted by Crippen LogP contribution is -2.46. The number of aromatic hydroxyl groups is 1. The molecule has 108 valence electrons. The van der Waals surface area contributed by atoms with E-state index in [9.17, 15) is 9.90 Å². The van der Waals surface area contributed by atoms with Crippen LogP contribution in [0.5, 0.6) is 5.75 Å². The molecule has 1 fully saturated rings. The third-order valence-corrected chi connectivity index (χ3v) is 4.43. The first-order valence-electron chi connectivity index (χ1n) is 7.28. The quantitative estimate of drug-likeness (QED) is 0.842. The van der Waals surface area contributed by atoms with Crippen molar-refractivity contribution in [3.8, 4) is 5.75 Å². The van der Waals surface area contributed by atoms with Crippen LogP contribution in [0.1, 0.15) is 30.4 Å². The number of aryl methyl sites for hydroxylation is 1. The minimum absolute atomic E-state index is 0.0498. The second kappa shape index (κ2) is 5.24. The Bertz CT molecular complexity index is 660. The molecule has 0 atom stereocenters. The second-order valence-electron chi connectivity index (χ2n) is 5.76. The molecule has 0 saturated heterocycles. The van der Waals surface area contributed by atoms with E-state index in [0.29, 0.717) is 0 Å². The summed E-state index contributed by atoms with van der Waals surface area (Å²) in [6.07, 6.45) is 2.86. The van der Waals surface area contributed by atoms with E-state index in [2.05, 4.69) is 5.32 Å². The molecule has 0 spiro atoms. The average molecular weight is 281 g/mol. The van der Waals surface area contributed by atoms with Crippen molar-refractivity contribution in [1.82, 2.24) is 0 Å². The Labute approximate surface area is 124 Å². The molecule has 0 bridgehead atoms. The van der Waals surface area contributed by atoms with E-state index in [1.54, 1.807) is 18.2 Å². The fourth-order valence-electron chi connectivity index (χ4n) is 2.96. The lowest BCUT2D eigenvalue weighted by atomic mass is 9.64. The van der Waals surface area contributed by atoms with Crippen LogP contribution in [0.2, 0.25) is 0 Å². The molecule has 21 heavy (non-hydrogen) atoms. The van der Waals surface area contributed by atoms with Gasteiger partial charge in [-0.2, -0.15) is 0 Å². The van der Waals surface area contributed by atoms with Gasteiger partial charge in [0, 0.05) is 5.69 Å². The molecule has 1 aliphatic carbocycles. The minimum Gasteiger partial charge on any atom is -0.508 e. The summed E-state index contributed by atoms with van der Waals surface area (Å²) >= 11 is 0. The van der Waals surface area contributed by atoms with Crippen molar-refractivity contribution in [3.63, 3.8) is 0 Å². The Morgan fingerprint density at radius 3 is 2.43 bits per heavy atom. The molecule has 2 aromatic carbocycles. The van der Waals surface area contributed by atoms with Crippen LogP contribution < -0.4 is 5.32 Å². The van der Waals surface area contributed by atoms with E-state index in [1.165, 1.54) is 0 Å². The number of anilines is 1. The zero-order valence-electron chi connectivity index (χ0n) is 12.1. The molecule has 0 heterocycles. The van der Waals surface area contributed by atoms with Crippen LogP contribution in [-0.2, 0) is 10.2 Å². The van der Waals surface area contributed by atoms with Gasteiger partial charge in [0.15, 0.2) is 0 Å². The van der Waals surface area contributed by atoms with Gasteiger partial charge in [-0.1, -0.05) is 36.8 Å². The highest BCUT2D eigenvalue weighted by Crippen LogP contribution is 2.44. The van der Waals surface area contributed by atoms with Gasteiger partial charge in [0.25, 0.3) is 0 Å². The SMILES string of the molecule is Cc1cc(O)ccc1NC(=O)C1(c2ccccc2)CCC1. The van der Waals surface area contributed by atoms with Crippen molar-refractivity contribution in [1.29, 1.82) is 0 Å². The normalized spacial score (nSPS) is 16.0. The molecular weight excluding hydrogens is 262 g/mol. The van der Waals surface area contributed by atoms with Crippen molar-refractivity contribution in [2.24, 2.45) is 0 Å². The third-order valence-electron chi connectivity index (χ3n) is 4.43. The first kappa shape index (κ1) is 13.7. The zero-order valence-corrected chi connectivity index (χ0v) is 12.1. The van der Waals surface area contributed by atoms with Gasteiger partial charge in [-0.05, 0) is 49.1 Å². The molecular formula is C18H19NO2. The molecule has 2 aromatic rings. The number of rotatable bonds is 3. The fourth-order valence-corrected chi connectivity index (χ4v) is 2.96. The van der Waals surface area contributed by atoms with Gasteiger partial charge >= 0.3 is 0 Å². The maximum atomic E-state index is 12.8. The number of amides is 1. The second-order valence-corrected chi connectivity index (χ2v) is 5.76. The maximum Gasteiger partial charge on any atom is 0.235 e. The average Bonchev–Trinajstić information content (AvgIpc) is 2.42. The Morgan fingerprint density at radius 1 is 1.14 bits per heavy atom. The van der Waals surface area contributed by atoms with Gasteiger partial charge in [-0.3, -0.25) is 4.79 Å². The predicted octanol–water partition coefficient (Wildman–Crippen LogP) is 3.76.